The van der Waals surface area contributed by atoms with Gasteiger partial charge in [0, 0.05) is 25.3 Å². The first-order chi connectivity index (χ1) is 8.77. The molecule has 0 aliphatic heterocycles. The minimum Gasteiger partial charge on any atom is -0.356 e. The van der Waals surface area contributed by atoms with E-state index in [1.165, 1.54) is 5.56 Å². The monoisotopic (exact) mass is 263 g/mol. The van der Waals surface area contributed by atoms with Crippen molar-refractivity contribution in [3.05, 3.63) is 23.9 Å². The number of pyridine rings is 1. The molecule has 0 amide bonds. The van der Waals surface area contributed by atoms with Crippen molar-refractivity contribution in [2.45, 2.75) is 59.5 Å². The molecule has 0 bridgehead atoms. The molecular formula is C16H29N3. The van der Waals surface area contributed by atoms with E-state index in [1.54, 1.807) is 0 Å². The van der Waals surface area contributed by atoms with Crippen LogP contribution < -0.4 is 10.6 Å². The van der Waals surface area contributed by atoms with Crippen molar-refractivity contribution >= 4 is 5.82 Å². The Balaban J connectivity index is 2.99. The lowest BCUT2D eigenvalue weighted by molar-refractivity contribution is 0.328. The summed E-state index contributed by atoms with van der Waals surface area (Å²) in [5.41, 5.74) is 7.55. The number of rotatable bonds is 5. The van der Waals surface area contributed by atoms with Crippen LogP contribution >= 0.6 is 0 Å². The summed E-state index contributed by atoms with van der Waals surface area (Å²) in [6.07, 6.45) is 3.75. The average molecular weight is 263 g/mol. The number of hydrogen-bond acceptors (Lipinski definition) is 3. The SMILES string of the molecule is CCC(N)Cc1cccnc1N(C)C(C)C(C)(C)C. The van der Waals surface area contributed by atoms with Crippen molar-refractivity contribution in [1.82, 2.24) is 4.98 Å². The molecule has 0 radical (unpaired) electrons. The Morgan fingerprint density at radius 1 is 1.37 bits per heavy atom. The Morgan fingerprint density at radius 3 is 2.53 bits per heavy atom. The van der Waals surface area contributed by atoms with Crippen LogP contribution in [0.2, 0.25) is 0 Å². The molecule has 1 heterocycles. The van der Waals surface area contributed by atoms with Crippen LogP contribution in [0.3, 0.4) is 0 Å². The molecule has 2 atom stereocenters. The second kappa shape index (κ2) is 6.38. The lowest BCUT2D eigenvalue weighted by Gasteiger charge is -2.37. The van der Waals surface area contributed by atoms with Gasteiger partial charge in [-0.2, -0.15) is 0 Å². The quantitative estimate of drug-likeness (QED) is 0.887. The molecule has 0 fully saturated rings. The lowest BCUT2D eigenvalue weighted by Crippen LogP contribution is -2.40. The van der Waals surface area contributed by atoms with Crippen LogP contribution in [0, 0.1) is 5.41 Å². The maximum atomic E-state index is 6.09. The van der Waals surface area contributed by atoms with E-state index in [4.69, 9.17) is 5.73 Å². The Kier molecular flexibility index (Phi) is 5.36. The number of hydrogen-bond donors (Lipinski definition) is 1. The molecule has 0 saturated carbocycles. The molecule has 1 rings (SSSR count). The van der Waals surface area contributed by atoms with Gasteiger partial charge < -0.3 is 10.6 Å². The van der Waals surface area contributed by atoms with Gasteiger partial charge in [-0.1, -0.05) is 33.8 Å². The van der Waals surface area contributed by atoms with Gasteiger partial charge in [0.1, 0.15) is 5.82 Å². The molecule has 19 heavy (non-hydrogen) atoms. The largest absolute Gasteiger partial charge is 0.356 e. The van der Waals surface area contributed by atoms with Gasteiger partial charge in [0.15, 0.2) is 0 Å². The van der Waals surface area contributed by atoms with Gasteiger partial charge in [-0.25, -0.2) is 4.98 Å². The fourth-order valence-electron chi connectivity index (χ4n) is 2.10. The molecule has 2 N–H and O–H groups in total. The normalized spacial score (nSPS) is 15.1. The van der Waals surface area contributed by atoms with E-state index in [2.05, 4.69) is 57.6 Å². The Bertz CT molecular complexity index is 395. The predicted octanol–water partition coefficient (Wildman–Crippen LogP) is 3.23. The van der Waals surface area contributed by atoms with E-state index in [0.29, 0.717) is 6.04 Å². The van der Waals surface area contributed by atoms with Gasteiger partial charge in [-0.05, 0) is 36.8 Å². The fraction of sp³-hybridized carbons (Fsp3) is 0.688. The van der Waals surface area contributed by atoms with Crippen molar-refractivity contribution in [3.63, 3.8) is 0 Å². The van der Waals surface area contributed by atoms with Crippen LogP contribution in [0.5, 0.6) is 0 Å². The van der Waals surface area contributed by atoms with Crippen molar-refractivity contribution in [1.29, 1.82) is 0 Å². The maximum Gasteiger partial charge on any atom is 0.131 e. The van der Waals surface area contributed by atoms with Crippen LogP contribution in [0.1, 0.15) is 46.6 Å². The second-order valence-corrected chi connectivity index (χ2v) is 6.51. The molecule has 1 aromatic rings. The van der Waals surface area contributed by atoms with Crippen LogP contribution in [-0.4, -0.2) is 24.1 Å². The Labute approximate surface area is 118 Å². The maximum absolute atomic E-state index is 6.09. The minimum atomic E-state index is 0.210. The highest BCUT2D eigenvalue weighted by Crippen LogP contribution is 2.28. The number of nitrogens with zero attached hydrogens (tertiary/aromatic N) is 2. The zero-order valence-electron chi connectivity index (χ0n) is 13.3. The topological polar surface area (TPSA) is 42.1 Å². The summed E-state index contributed by atoms with van der Waals surface area (Å²) in [5.74, 6) is 1.06. The minimum absolute atomic E-state index is 0.210. The zero-order valence-corrected chi connectivity index (χ0v) is 13.3. The summed E-state index contributed by atoms with van der Waals surface area (Å²) in [7, 11) is 2.12. The molecule has 1 aromatic heterocycles. The Hall–Kier alpha value is -1.09. The molecular weight excluding hydrogens is 234 g/mol. The highest BCUT2D eigenvalue weighted by molar-refractivity contribution is 5.47. The lowest BCUT2D eigenvalue weighted by atomic mass is 9.87. The summed E-state index contributed by atoms with van der Waals surface area (Å²) < 4.78 is 0. The third-order valence-corrected chi connectivity index (χ3v) is 4.04. The summed E-state index contributed by atoms with van der Waals surface area (Å²) in [4.78, 5) is 6.85. The van der Waals surface area contributed by atoms with E-state index in [1.807, 2.05) is 12.3 Å². The van der Waals surface area contributed by atoms with Gasteiger partial charge in [-0.15, -0.1) is 0 Å². The van der Waals surface area contributed by atoms with Crippen molar-refractivity contribution in [3.8, 4) is 0 Å². The summed E-state index contributed by atoms with van der Waals surface area (Å²) in [5, 5.41) is 0. The summed E-state index contributed by atoms with van der Waals surface area (Å²) in [6, 6.07) is 4.76. The summed E-state index contributed by atoms with van der Waals surface area (Å²) >= 11 is 0. The number of aromatic nitrogens is 1. The van der Waals surface area contributed by atoms with Crippen LogP contribution in [0.25, 0.3) is 0 Å². The highest BCUT2D eigenvalue weighted by atomic mass is 15.2. The molecule has 0 saturated heterocycles. The first-order valence-electron chi connectivity index (χ1n) is 7.19. The molecule has 0 spiro atoms. The average Bonchev–Trinajstić information content (AvgIpc) is 2.36. The van der Waals surface area contributed by atoms with Gasteiger partial charge >= 0.3 is 0 Å². The Morgan fingerprint density at radius 2 is 2.00 bits per heavy atom. The smallest absolute Gasteiger partial charge is 0.131 e. The van der Waals surface area contributed by atoms with E-state index < -0.39 is 0 Å². The molecule has 3 heteroatoms. The van der Waals surface area contributed by atoms with E-state index in [0.717, 1.165) is 18.7 Å². The first-order valence-corrected chi connectivity index (χ1v) is 7.19. The standard InChI is InChI=1S/C16H29N3/c1-7-14(17)11-13-9-8-10-18-15(13)19(6)12(2)16(3,4)5/h8-10,12,14H,7,11,17H2,1-6H3. The van der Waals surface area contributed by atoms with Gasteiger partial charge in [0.2, 0.25) is 0 Å². The van der Waals surface area contributed by atoms with Crippen molar-refractivity contribution in [2.75, 3.05) is 11.9 Å². The van der Waals surface area contributed by atoms with Gasteiger partial charge in [-0.3, -0.25) is 0 Å². The number of anilines is 1. The third kappa shape index (κ3) is 4.20. The van der Waals surface area contributed by atoms with E-state index in [9.17, 15) is 0 Å². The van der Waals surface area contributed by atoms with Crippen LogP contribution in [0.15, 0.2) is 18.3 Å². The van der Waals surface area contributed by atoms with E-state index in [-0.39, 0.29) is 11.5 Å². The van der Waals surface area contributed by atoms with Crippen LogP contribution in [0.4, 0.5) is 5.82 Å². The molecule has 0 aliphatic rings. The first kappa shape index (κ1) is 16.0. The molecule has 3 nitrogen and oxygen atoms in total. The molecule has 2 unspecified atom stereocenters. The second-order valence-electron chi connectivity index (χ2n) is 6.51. The van der Waals surface area contributed by atoms with E-state index >= 15 is 0 Å². The van der Waals surface area contributed by atoms with Crippen LogP contribution in [-0.2, 0) is 6.42 Å². The zero-order chi connectivity index (χ0) is 14.6. The van der Waals surface area contributed by atoms with Crippen molar-refractivity contribution < 1.29 is 0 Å². The number of nitrogens with two attached hydrogens (primary N) is 1. The molecule has 0 aromatic carbocycles. The van der Waals surface area contributed by atoms with Gasteiger partial charge in [0.25, 0.3) is 0 Å². The highest BCUT2D eigenvalue weighted by Gasteiger charge is 2.26. The molecule has 0 aliphatic carbocycles. The third-order valence-electron chi connectivity index (χ3n) is 4.04. The fourth-order valence-corrected chi connectivity index (χ4v) is 2.10. The van der Waals surface area contributed by atoms with Gasteiger partial charge in [0.05, 0.1) is 0 Å². The van der Waals surface area contributed by atoms with Crippen molar-refractivity contribution in [2.24, 2.45) is 11.1 Å². The molecule has 108 valence electrons. The predicted molar refractivity (Wildman–Crippen MR) is 83.5 cm³/mol. The summed E-state index contributed by atoms with van der Waals surface area (Å²) in [6.45, 7) is 11.2.